The van der Waals surface area contributed by atoms with Gasteiger partial charge in [0, 0.05) is 16.1 Å². The van der Waals surface area contributed by atoms with Gasteiger partial charge < -0.3 is 10.6 Å². The van der Waals surface area contributed by atoms with Crippen LogP contribution in [0.2, 0.25) is 0 Å². The van der Waals surface area contributed by atoms with E-state index in [-0.39, 0.29) is 24.3 Å². The van der Waals surface area contributed by atoms with Crippen LogP contribution in [0.4, 0.5) is 0 Å². The Morgan fingerprint density at radius 1 is 1.25 bits per heavy atom. The van der Waals surface area contributed by atoms with E-state index in [0.717, 1.165) is 17.3 Å². The predicted molar refractivity (Wildman–Crippen MR) is 79.5 cm³/mol. The van der Waals surface area contributed by atoms with Crippen LogP contribution in [0.15, 0.2) is 28.7 Å². The standard InChI is InChI=1S/C15H17BrN2O2/c16-11-4-1-9(2-5-11)13(19)8-17-15(20)14-10-3-6-12(7-10)18-14/h1-2,4-5,10,12,14,18H,3,6-8H2,(H,17,20)/t10-,12+,14-/m0/s1. The Hall–Kier alpha value is -1.20. The monoisotopic (exact) mass is 336 g/mol. The first-order valence-electron chi connectivity index (χ1n) is 6.96. The SMILES string of the molecule is O=C(CNC(=O)[C@H]1N[C@@H]2CC[C@H]1C2)c1ccc(Br)cc1. The molecule has 1 aliphatic carbocycles. The Balaban J connectivity index is 1.53. The van der Waals surface area contributed by atoms with E-state index >= 15 is 0 Å². The number of rotatable bonds is 4. The maximum Gasteiger partial charge on any atom is 0.237 e. The number of benzene rings is 1. The molecule has 1 heterocycles. The highest BCUT2D eigenvalue weighted by Gasteiger charge is 2.42. The average Bonchev–Trinajstić information content (AvgIpc) is 3.08. The Labute approximate surface area is 126 Å². The van der Waals surface area contributed by atoms with Crippen LogP contribution in [-0.4, -0.2) is 30.3 Å². The summed E-state index contributed by atoms with van der Waals surface area (Å²) in [4.78, 5) is 24.1. The molecule has 1 aromatic rings. The van der Waals surface area contributed by atoms with Gasteiger partial charge in [0.2, 0.25) is 5.91 Å². The topological polar surface area (TPSA) is 58.2 Å². The lowest BCUT2D eigenvalue weighted by Gasteiger charge is -2.22. The molecule has 1 aromatic carbocycles. The molecule has 20 heavy (non-hydrogen) atoms. The number of carbonyl (C=O) groups excluding carboxylic acids is 2. The van der Waals surface area contributed by atoms with Crippen molar-refractivity contribution in [3.8, 4) is 0 Å². The van der Waals surface area contributed by atoms with Gasteiger partial charge in [0.05, 0.1) is 12.6 Å². The highest BCUT2D eigenvalue weighted by Crippen LogP contribution is 2.35. The van der Waals surface area contributed by atoms with Crippen molar-refractivity contribution < 1.29 is 9.59 Å². The summed E-state index contributed by atoms with van der Waals surface area (Å²) in [5.41, 5.74) is 0.620. The van der Waals surface area contributed by atoms with Crippen LogP contribution in [0.1, 0.15) is 29.6 Å². The summed E-state index contributed by atoms with van der Waals surface area (Å²) in [6, 6.07) is 7.56. The van der Waals surface area contributed by atoms with E-state index in [2.05, 4.69) is 26.6 Å². The van der Waals surface area contributed by atoms with Crippen molar-refractivity contribution in [2.24, 2.45) is 5.92 Å². The highest BCUT2D eigenvalue weighted by molar-refractivity contribution is 9.10. The van der Waals surface area contributed by atoms with E-state index in [1.54, 1.807) is 12.1 Å². The number of piperidine rings is 1. The maximum atomic E-state index is 12.1. The third-order valence-corrected chi connectivity index (χ3v) is 4.76. The molecular weight excluding hydrogens is 320 g/mol. The highest BCUT2D eigenvalue weighted by atomic mass is 79.9. The Morgan fingerprint density at radius 2 is 2.00 bits per heavy atom. The molecular formula is C15H17BrN2O2. The number of carbonyl (C=O) groups is 2. The van der Waals surface area contributed by atoms with Crippen molar-refractivity contribution in [1.82, 2.24) is 10.6 Å². The van der Waals surface area contributed by atoms with Gasteiger partial charge in [-0.2, -0.15) is 0 Å². The second-order valence-electron chi connectivity index (χ2n) is 5.56. The fourth-order valence-electron chi connectivity index (χ4n) is 3.17. The molecule has 1 saturated heterocycles. The lowest BCUT2D eigenvalue weighted by atomic mass is 9.99. The van der Waals surface area contributed by atoms with Crippen molar-refractivity contribution in [2.75, 3.05) is 6.54 Å². The quantitative estimate of drug-likeness (QED) is 0.825. The number of nitrogens with one attached hydrogen (secondary N) is 2. The molecule has 1 amide bonds. The zero-order chi connectivity index (χ0) is 14.1. The largest absolute Gasteiger partial charge is 0.347 e. The van der Waals surface area contributed by atoms with Crippen LogP contribution in [0.25, 0.3) is 0 Å². The molecule has 0 unspecified atom stereocenters. The summed E-state index contributed by atoms with van der Waals surface area (Å²) in [5, 5.41) is 6.09. The zero-order valence-corrected chi connectivity index (χ0v) is 12.7. The minimum absolute atomic E-state index is 0.0392. The maximum absolute atomic E-state index is 12.1. The summed E-state index contributed by atoms with van der Waals surface area (Å²) < 4.78 is 0.935. The first kappa shape index (κ1) is 13.8. The third-order valence-electron chi connectivity index (χ3n) is 4.23. The lowest BCUT2D eigenvalue weighted by Crippen LogP contribution is -2.48. The number of amides is 1. The van der Waals surface area contributed by atoms with Gasteiger partial charge in [0.15, 0.2) is 5.78 Å². The minimum atomic E-state index is -0.105. The van der Waals surface area contributed by atoms with Crippen LogP contribution < -0.4 is 10.6 Å². The van der Waals surface area contributed by atoms with Crippen molar-refractivity contribution in [3.63, 3.8) is 0 Å². The summed E-state index contributed by atoms with van der Waals surface area (Å²) in [6.45, 7) is 0.0655. The van der Waals surface area contributed by atoms with Crippen molar-refractivity contribution in [3.05, 3.63) is 34.3 Å². The number of fused-ring (bicyclic) bond motifs is 2. The van der Waals surface area contributed by atoms with Gasteiger partial charge in [0.25, 0.3) is 0 Å². The van der Waals surface area contributed by atoms with Crippen molar-refractivity contribution in [2.45, 2.75) is 31.3 Å². The molecule has 3 atom stereocenters. The van der Waals surface area contributed by atoms with Gasteiger partial charge in [-0.15, -0.1) is 0 Å². The molecule has 0 radical (unpaired) electrons. The Bertz CT molecular complexity index is 529. The summed E-state index contributed by atoms with van der Waals surface area (Å²) in [5.74, 6) is 0.347. The smallest absolute Gasteiger partial charge is 0.237 e. The Kier molecular flexibility index (Phi) is 3.89. The van der Waals surface area contributed by atoms with Crippen molar-refractivity contribution >= 4 is 27.6 Å². The molecule has 3 rings (SSSR count). The minimum Gasteiger partial charge on any atom is -0.347 e. The van der Waals surface area contributed by atoms with Crippen LogP contribution in [-0.2, 0) is 4.79 Å². The van der Waals surface area contributed by atoms with Gasteiger partial charge in [-0.1, -0.05) is 28.1 Å². The molecule has 2 aliphatic rings. The Morgan fingerprint density at radius 3 is 2.60 bits per heavy atom. The molecule has 2 fully saturated rings. The molecule has 5 heteroatoms. The van der Waals surface area contributed by atoms with Gasteiger partial charge in [-0.3, -0.25) is 9.59 Å². The molecule has 1 aliphatic heterocycles. The molecule has 106 valence electrons. The lowest BCUT2D eigenvalue weighted by molar-refractivity contribution is -0.123. The molecule has 2 N–H and O–H groups in total. The van der Waals surface area contributed by atoms with Crippen LogP contribution >= 0.6 is 15.9 Å². The average molecular weight is 337 g/mol. The summed E-state index contributed by atoms with van der Waals surface area (Å²) in [7, 11) is 0. The molecule has 1 saturated carbocycles. The second-order valence-corrected chi connectivity index (χ2v) is 6.48. The van der Waals surface area contributed by atoms with Crippen LogP contribution in [0.5, 0.6) is 0 Å². The van der Waals surface area contributed by atoms with E-state index in [1.807, 2.05) is 12.1 Å². The van der Waals surface area contributed by atoms with Gasteiger partial charge in [0.1, 0.15) is 0 Å². The number of ketones is 1. The normalized spacial score (nSPS) is 27.6. The van der Waals surface area contributed by atoms with E-state index < -0.39 is 0 Å². The zero-order valence-electron chi connectivity index (χ0n) is 11.1. The fraction of sp³-hybridized carbons (Fsp3) is 0.467. The summed E-state index contributed by atoms with van der Waals surface area (Å²) >= 11 is 3.33. The van der Waals surface area contributed by atoms with Gasteiger partial charge in [-0.05, 0) is 37.3 Å². The fourth-order valence-corrected chi connectivity index (χ4v) is 3.43. The van der Waals surface area contributed by atoms with E-state index in [1.165, 1.54) is 6.42 Å². The first-order valence-corrected chi connectivity index (χ1v) is 7.75. The van der Waals surface area contributed by atoms with Gasteiger partial charge >= 0.3 is 0 Å². The number of Topliss-reactive ketones (excluding diaryl/α,β-unsaturated/α-hetero) is 1. The van der Waals surface area contributed by atoms with E-state index in [9.17, 15) is 9.59 Å². The predicted octanol–water partition coefficient (Wildman–Crippen LogP) is 1.89. The van der Waals surface area contributed by atoms with Crippen LogP contribution in [0.3, 0.4) is 0 Å². The van der Waals surface area contributed by atoms with Crippen LogP contribution in [0, 0.1) is 5.92 Å². The molecule has 4 nitrogen and oxygen atoms in total. The number of hydrogen-bond acceptors (Lipinski definition) is 3. The number of hydrogen-bond donors (Lipinski definition) is 2. The summed E-state index contributed by atoms with van der Waals surface area (Å²) in [6.07, 6.45) is 3.39. The number of halogens is 1. The molecule has 0 aromatic heterocycles. The van der Waals surface area contributed by atoms with E-state index in [4.69, 9.17) is 0 Å². The van der Waals surface area contributed by atoms with E-state index in [0.29, 0.717) is 17.5 Å². The molecule has 2 bridgehead atoms. The van der Waals surface area contributed by atoms with Crippen molar-refractivity contribution in [1.29, 1.82) is 0 Å². The first-order chi connectivity index (χ1) is 9.63. The van der Waals surface area contributed by atoms with Gasteiger partial charge in [-0.25, -0.2) is 0 Å². The molecule has 0 spiro atoms. The third kappa shape index (κ3) is 2.79. The second kappa shape index (κ2) is 5.66.